The molecule has 19 heavy (non-hydrogen) atoms. The molecule has 1 aromatic rings. The Bertz CT molecular complexity index is 420. The quantitative estimate of drug-likeness (QED) is 0.729. The summed E-state index contributed by atoms with van der Waals surface area (Å²) in [4.78, 5) is 13.1. The van der Waals surface area contributed by atoms with E-state index in [2.05, 4.69) is 4.90 Å². The molecule has 1 N–H and O–H groups in total. The van der Waals surface area contributed by atoms with Crippen molar-refractivity contribution in [2.24, 2.45) is 0 Å². The van der Waals surface area contributed by atoms with Crippen LogP contribution in [0.15, 0.2) is 18.2 Å². The molecule has 0 bridgehead atoms. The molecule has 0 aliphatic heterocycles. The van der Waals surface area contributed by atoms with Crippen molar-refractivity contribution in [3.8, 4) is 5.75 Å². The Hall–Kier alpha value is -1.59. The molecule has 106 valence electrons. The lowest BCUT2D eigenvalue weighted by Crippen LogP contribution is -2.20. The molecule has 0 radical (unpaired) electrons. The molecular weight excluding hydrogens is 246 g/mol. The summed E-state index contributed by atoms with van der Waals surface area (Å²) >= 11 is 0. The molecule has 0 aromatic heterocycles. The molecule has 5 nitrogen and oxygen atoms in total. The normalized spacial score (nSPS) is 10.7. The number of carboxylic acids is 1. The average molecular weight is 267 g/mol. The van der Waals surface area contributed by atoms with Gasteiger partial charge in [0.05, 0.1) is 7.11 Å². The molecule has 1 aromatic carbocycles. The number of carbonyl (C=O) groups is 1. The number of ether oxygens (including phenoxy) is 2. The number of rotatable bonds is 8. The van der Waals surface area contributed by atoms with Crippen LogP contribution in [0.4, 0.5) is 0 Å². The van der Waals surface area contributed by atoms with E-state index in [4.69, 9.17) is 14.6 Å². The van der Waals surface area contributed by atoms with E-state index < -0.39 is 5.97 Å². The fraction of sp³-hybridized carbons (Fsp3) is 0.500. The van der Waals surface area contributed by atoms with Crippen LogP contribution in [-0.4, -0.2) is 50.4 Å². The van der Waals surface area contributed by atoms with E-state index in [9.17, 15) is 4.79 Å². The van der Waals surface area contributed by atoms with E-state index in [-0.39, 0.29) is 5.56 Å². The van der Waals surface area contributed by atoms with Gasteiger partial charge in [-0.2, -0.15) is 0 Å². The van der Waals surface area contributed by atoms with Crippen molar-refractivity contribution in [2.75, 3.05) is 34.4 Å². The van der Waals surface area contributed by atoms with Crippen molar-refractivity contribution in [3.05, 3.63) is 29.3 Å². The van der Waals surface area contributed by atoms with Gasteiger partial charge in [-0.1, -0.05) is 6.07 Å². The lowest BCUT2D eigenvalue weighted by atomic mass is 10.1. The molecular formula is C14H21NO4. The van der Waals surface area contributed by atoms with Crippen LogP contribution < -0.4 is 4.74 Å². The van der Waals surface area contributed by atoms with Crippen LogP contribution in [0.25, 0.3) is 0 Å². The zero-order valence-corrected chi connectivity index (χ0v) is 11.7. The van der Waals surface area contributed by atoms with Crippen LogP contribution in [0.1, 0.15) is 22.3 Å². The topological polar surface area (TPSA) is 59.0 Å². The van der Waals surface area contributed by atoms with Crippen molar-refractivity contribution in [3.63, 3.8) is 0 Å². The summed E-state index contributed by atoms with van der Waals surface area (Å²) in [5, 5.41) is 9.01. The maximum absolute atomic E-state index is 11.0. The average Bonchev–Trinajstić information content (AvgIpc) is 2.38. The monoisotopic (exact) mass is 267 g/mol. The lowest BCUT2D eigenvalue weighted by Gasteiger charge is -2.17. The first-order valence-electron chi connectivity index (χ1n) is 6.16. The van der Waals surface area contributed by atoms with Crippen LogP contribution in [-0.2, 0) is 11.3 Å². The fourth-order valence-corrected chi connectivity index (χ4v) is 1.88. The Labute approximate surface area is 113 Å². The molecule has 0 saturated heterocycles. The summed E-state index contributed by atoms with van der Waals surface area (Å²) < 4.78 is 10.1. The highest BCUT2D eigenvalue weighted by Crippen LogP contribution is 2.21. The molecule has 0 amide bonds. The van der Waals surface area contributed by atoms with Crippen molar-refractivity contribution < 1.29 is 19.4 Å². The maximum atomic E-state index is 11.0. The SMILES string of the molecule is COCCCN(C)Cc1ccc(C(=O)O)c(OC)c1. The maximum Gasteiger partial charge on any atom is 0.339 e. The largest absolute Gasteiger partial charge is 0.496 e. The van der Waals surface area contributed by atoms with E-state index in [1.165, 1.54) is 7.11 Å². The van der Waals surface area contributed by atoms with E-state index in [1.54, 1.807) is 19.2 Å². The van der Waals surface area contributed by atoms with Crippen molar-refractivity contribution >= 4 is 5.97 Å². The number of hydrogen-bond donors (Lipinski definition) is 1. The first kappa shape index (κ1) is 15.5. The highest BCUT2D eigenvalue weighted by atomic mass is 16.5. The van der Waals surface area contributed by atoms with Gasteiger partial charge in [0.25, 0.3) is 0 Å². The van der Waals surface area contributed by atoms with E-state index in [1.807, 2.05) is 13.1 Å². The molecule has 0 atom stereocenters. The van der Waals surface area contributed by atoms with Gasteiger partial charge < -0.3 is 19.5 Å². The molecule has 5 heteroatoms. The Morgan fingerprint density at radius 1 is 1.37 bits per heavy atom. The van der Waals surface area contributed by atoms with Gasteiger partial charge >= 0.3 is 5.97 Å². The number of aromatic carboxylic acids is 1. The Morgan fingerprint density at radius 3 is 2.68 bits per heavy atom. The zero-order valence-electron chi connectivity index (χ0n) is 11.7. The van der Waals surface area contributed by atoms with E-state index in [0.29, 0.717) is 5.75 Å². The second-order valence-corrected chi connectivity index (χ2v) is 4.42. The number of nitrogens with zero attached hydrogens (tertiary/aromatic N) is 1. The number of carboxylic acid groups (broad SMARTS) is 1. The van der Waals surface area contributed by atoms with Gasteiger partial charge in [0, 0.05) is 26.8 Å². The predicted octanol–water partition coefficient (Wildman–Crippen LogP) is 1.86. The summed E-state index contributed by atoms with van der Waals surface area (Å²) in [6.07, 6.45) is 0.970. The van der Waals surface area contributed by atoms with Gasteiger partial charge in [-0.25, -0.2) is 4.79 Å². The summed E-state index contributed by atoms with van der Waals surface area (Å²) in [6.45, 7) is 2.42. The van der Waals surface area contributed by atoms with Crippen LogP contribution in [0.2, 0.25) is 0 Å². The Kier molecular flexibility index (Phi) is 6.32. The summed E-state index contributed by atoms with van der Waals surface area (Å²) in [6, 6.07) is 5.18. The molecule has 0 saturated carbocycles. The third kappa shape index (κ3) is 4.89. The highest BCUT2D eigenvalue weighted by Gasteiger charge is 2.11. The van der Waals surface area contributed by atoms with Crippen LogP contribution >= 0.6 is 0 Å². The van der Waals surface area contributed by atoms with E-state index >= 15 is 0 Å². The minimum absolute atomic E-state index is 0.188. The number of hydrogen-bond acceptors (Lipinski definition) is 4. The Balaban J connectivity index is 2.66. The highest BCUT2D eigenvalue weighted by molar-refractivity contribution is 5.90. The number of methoxy groups -OCH3 is 2. The van der Waals surface area contributed by atoms with Crippen molar-refractivity contribution in [1.82, 2.24) is 4.90 Å². The molecule has 0 aliphatic carbocycles. The zero-order chi connectivity index (χ0) is 14.3. The summed E-state index contributed by atoms with van der Waals surface area (Å²) in [7, 11) is 5.19. The van der Waals surface area contributed by atoms with Crippen LogP contribution in [0.3, 0.4) is 0 Å². The third-order valence-electron chi connectivity index (χ3n) is 2.84. The Morgan fingerprint density at radius 2 is 2.11 bits per heavy atom. The lowest BCUT2D eigenvalue weighted by molar-refractivity contribution is 0.0693. The molecule has 0 unspecified atom stereocenters. The fourth-order valence-electron chi connectivity index (χ4n) is 1.88. The smallest absolute Gasteiger partial charge is 0.339 e. The molecule has 0 aliphatic rings. The standard InChI is InChI=1S/C14H21NO4/c1-15(7-4-8-18-2)10-11-5-6-12(14(16)17)13(9-11)19-3/h5-6,9H,4,7-8,10H2,1-3H3,(H,16,17). The van der Waals surface area contributed by atoms with Gasteiger partial charge in [0.15, 0.2) is 0 Å². The van der Waals surface area contributed by atoms with Crippen molar-refractivity contribution in [2.45, 2.75) is 13.0 Å². The minimum Gasteiger partial charge on any atom is -0.496 e. The summed E-state index contributed by atoms with van der Waals surface area (Å²) in [5.74, 6) is -0.577. The third-order valence-corrected chi connectivity index (χ3v) is 2.84. The first-order chi connectivity index (χ1) is 9.08. The van der Waals surface area contributed by atoms with Crippen LogP contribution in [0.5, 0.6) is 5.75 Å². The molecule has 0 fully saturated rings. The van der Waals surface area contributed by atoms with E-state index in [0.717, 1.165) is 31.7 Å². The predicted molar refractivity (Wildman–Crippen MR) is 72.8 cm³/mol. The van der Waals surface area contributed by atoms with Gasteiger partial charge in [-0.15, -0.1) is 0 Å². The molecule has 0 heterocycles. The molecule has 1 rings (SSSR count). The minimum atomic E-state index is -0.975. The van der Waals surface area contributed by atoms with Gasteiger partial charge in [-0.3, -0.25) is 0 Å². The van der Waals surface area contributed by atoms with Crippen LogP contribution in [0, 0.1) is 0 Å². The second-order valence-electron chi connectivity index (χ2n) is 4.42. The molecule has 0 spiro atoms. The van der Waals surface area contributed by atoms with Crippen molar-refractivity contribution in [1.29, 1.82) is 0 Å². The second kappa shape index (κ2) is 7.76. The number of benzene rings is 1. The van der Waals surface area contributed by atoms with Gasteiger partial charge in [0.2, 0.25) is 0 Å². The van der Waals surface area contributed by atoms with Gasteiger partial charge in [0.1, 0.15) is 11.3 Å². The van der Waals surface area contributed by atoms with Gasteiger partial charge in [-0.05, 0) is 31.2 Å². The summed E-state index contributed by atoms with van der Waals surface area (Å²) in [5.41, 5.74) is 1.22. The first-order valence-corrected chi connectivity index (χ1v) is 6.16.